The maximum atomic E-state index is 13.5. The van der Waals surface area contributed by atoms with Crippen LogP contribution in [0.5, 0.6) is 0 Å². The first-order valence-electron chi connectivity index (χ1n) is 11.8. The largest absolute Gasteiger partial charge is 0.366 e. The summed E-state index contributed by atoms with van der Waals surface area (Å²) in [4.78, 5) is 32.0. The molecule has 1 aliphatic rings. The van der Waals surface area contributed by atoms with Crippen LogP contribution in [0.15, 0.2) is 85.2 Å². The number of likely N-dealkylation sites (tertiary alicyclic amines) is 1. The Morgan fingerprint density at radius 3 is 2.69 bits per heavy atom. The van der Waals surface area contributed by atoms with E-state index in [-0.39, 0.29) is 11.8 Å². The molecule has 176 valence electrons. The number of primary amides is 1. The molecular formula is C28H27N5O2. The summed E-state index contributed by atoms with van der Waals surface area (Å²) >= 11 is 0. The summed E-state index contributed by atoms with van der Waals surface area (Å²) in [5.74, 6) is -0.273. The predicted molar refractivity (Wildman–Crippen MR) is 134 cm³/mol. The minimum Gasteiger partial charge on any atom is -0.366 e. The summed E-state index contributed by atoms with van der Waals surface area (Å²) in [5, 5.41) is 4.28. The van der Waals surface area contributed by atoms with Crippen LogP contribution in [0.4, 0.5) is 0 Å². The lowest BCUT2D eigenvalue weighted by molar-refractivity contribution is 0.0704. The van der Waals surface area contributed by atoms with E-state index >= 15 is 0 Å². The molecule has 2 aromatic heterocycles. The third-order valence-corrected chi connectivity index (χ3v) is 6.48. The fourth-order valence-corrected chi connectivity index (χ4v) is 4.68. The maximum Gasteiger partial charge on any atom is 0.254 e. The molecule has 35 heavy (non-hydrogen) atoms. The molecule has 0 radical (unpaired) electrons. The number of hydrogen-bond acceptors (Lipinski definition) is 4. The van der Waals surface area contributed by atoms with Gasteiger partial charge in [-0.05, 0) is 54.8 Å². The Hall–Kier alpha value is -4.26. The SMILES string of the molecule is NC(=O)c1cccc(-c2cccc([C@H]3CCCN(C(=O)c4ccccc4Cn4cccn4)C3)n2)c1. The number of amides is 2. The number of nitrogens with zero attached hydrogens (tertiary/aromatic N) is 4. The molecule has 5 rings (SSSR count). The Morgan fingerprint density at radius 2 is 1.86 bits per heavy atom. The minimum atomic E-state index is -0.461. The normalized spacial score (nSPS) is 15.7. The van der Waals surface area contributed by atoms with E-state index in [0.29, 0.717) is 24.2 Å². The van der Waals surface area contributed by atoms with Gasteiger partial charge in [0.2, 0.25) is 5.91 Å². The van der Waals surface area contributed by atoms with Crippen molar-refractivity contribution in [1.82, 2.24) is 19.7 Å². The Morgan fingerprint density at radius 1 is 1.00 bits per heavy atom. The average molecular weight is 466 g/mol. The summed E-state index contributed by atoms with van der Waals surface area (Å²) < 4.78 is 1.83. The summed E-state index contributed by atoms with van der Waals surface area (Å²) in [6.45, 7) is 1.90. The number of nitrogens with two attached hydrogens (primary N) is 1. The third-order valence-electron chi connectivity index (χ3n) is 6.48. The first-order chi connectivity index (χ1) is 17.1. The van der Waals surface area contributed by atoms with E-state index in [0.717, 1.165) is 41.9 Å². The van der Waals surface area contributed by atoms with Gasteiger partial charge in [-0.15, -0.1) is 0 Å². The summed E-state index contributed by atoms with van der Waals surface area (Å²) in [7, 11) is 0. The van der Waals surface area contributed by atoms with Crippen molar-refractivity contribution in [3.05, 3.63) is 108 Å². The molecule has 3 heterocycles. The van der Waals surface area contributed by atoms with Crippen LogP contribution in [0.3, 0.4) is 0 Å². The first-order valence-corrected chi connectivity index (χ1v) is 11.8. The fraction of sp³-hybridized carbons (Fsp3) is 0.214. The number of aromatic nitrogens is 3. The van der Waals surface area contributed by atoms with Crippen molar-refractivity contribution >= 4 is 11.8 Å². The van der Waals surface area contributed by atoms with Gasteiger partial charge in [0.1, 0.15) is 0 Å². The molecule has 0 spiro atoms. The highest BCUT2D eigenvalue weighted by Gasteiger charge is 2.27. The van der Waals surface area contributed by atoms with E-state index < -0.39 is 5.91 Å². The molecule has 1 aliphatic heterocycles. The smallest absolute Gasteiger partial charge is 0.254 e. The van der Waals surface area contributed by atoms with Crippen LogP contribution in [0.2, 0.25) is 0 Å². The Labute approximate surface area is 204 Å². The number of pyridine rings is 1. The maximum absolute atomic E-state index is 13.5. The summed E-state index contributed by atoms with van der Waals surface area (Å²) in [6.07, 6.45) is 5.53. The molecule has 0 aliphatic carbocycles. The van der Waals surface area contributed by atoms with Gasteiger partial charge in [0, 0.05) is 53.8 Å². The number of rotatable bonds is 6. The summed E-state index contributed by atoms with van der Waals surface area (Å²) in [6, 6.07) is 22.8. The van der Waals surface area contributed by atoms with Gasteiger partial charge in [0.25, 0.3) is 5.91 Å². The van der Waals surface area contributed by atoms with Gasteiger partial charge in [-0.2, -0.15) is 5.10 Å². The lowest BCUT2D eigenvalue weighted by atomic mass is 9.93. The quantitative estimate of drug-likeness (QED) is 0.464. The van der Waals surface area contributed by atoms with Gasteiger partial charge < -0.3 is 10.6 Å². The van der Waals surface area contributed by atoms with E-state index in [4.69, 9.17) is 10.7 Å². The number of hydrogen-bond donors (Lipinski definition) is 1. The lowest BCUT2D eigenvalue weighted by Crippen LogP contribution is -2.39. The van der Waals surface area contributed by atoms with Gasteiger partial charge in [-0.25, -0.2) is 0 Å². The summed E-state index contributed by atoms with van der Waals surface area (Å²) in [5.41, 5.74) is 10.2. The van der Waals surface area contributed by atoms with Crippen molar-refractivity contribution in [3.8, 4) is 11.3 Å². The minimum absolute atomic E-state index is 0.0442. The molecule has 1 saturated heterocycles. The van der Waals surface area contributed by atoms with Crippen molar-refractivity contribution in [3.63, 3.8) is 0 Å². The molecule has 2 N–H and O–H groups in total. The number of benzene rings is 2. The average Bonchev–Trinajstić information content (AvgIpc) is 3.42. The lowest BCUT2D eigenvalue weighted by Gasteiger charge is -2.33. The van der Waals surface area contributed by atoms with Crippen LogP contribution in [-0.4, -0.2) is 44.6 Å². The molecule has 7 nitrogen and oxygen atoms in total. The van der Waals surface area contributed by atoms with Gasteiger partial charge in [-0.3, -0.25) is 19.3 Å². The molecule has 0 saturated carbocycles. The van der Waals surface area contributed by atoms with Crippen molar-refractivity contribution < 1.29 is 9.59 Å². The highest BCUT2D eigenvalue weighted by Crippen LogP contribution is 2.29. The van der Waals surface area contributed by atoms with Crippen LogP contribution in [0.1, 0.15) is 50.7 Å². The van der Waals surface area contributed by atoms with Crippen LogP contribution < -0.4 is 5.73 Å². The topological polar surface area (TPSA) is 94.1 Å². The fourth-order valence-electron chi connectivity index (χ4n) is 4.68. The van der Waals surface area contributed by atoms with Gasteiger partial charge in [-0.1, -0.05) is 36.4 Å². The van der Waals surface area contributed by atoms with Gasteiger partial charge in [0.05, 0.1) is 12.2 Å². The number of carbonyl (C=O) groups excluding carboxylic acids is 2. The second-order valence-electron chi connectivity index (χ2n) is 8.84. The Kier molecular flexibility index (Phi) is 6.39. The standard InChI is InChI=1S/C28H27N5O2/c29-27(34)21-9-3-8-20(17-21)25-12-4-13-26(31-25)23-10-5-15-32(18-23)28(35)24-11-2-1-7-22(24)19-33-16-6-14-30-33/h1-4,6-9,11-14,16-17,23H,5,10,15,18-19H2,(H2,29,34)/t23-/m0/s1. The van der Waals surface area contributed by atoms with E-state index in [2.05, 4.69) is 5.10 Å². The first kappa shape index (κ1) is 22.5. The highest BCUT2D eigenvalue weighted by atomic mass is 16.2. The van der Waals surface area contributed by atoms with Crippen LogP contribution in [0.25, 0.3) is 11.3 Å². The molecule has 1 atom stereocenters. The zero-order chi connectivity index (χ0) is 24.2. The molecule has 0 unspecified atom stereocenters. The van der Waals surface area contributed by atoms with Crippen molar-refractivity contribution in [1.29, 1.82) is 0 Å². The molecule has 2 aromatic carbocycles. The van der Waals surface area contributed by atoms with Crippen molar-refractivity contribution in [2.45, 2.75) is 25.3 Å². The molecular weight excluding hydrogens is 438 g/mol. The van der Waals surface area contributed by atoms with Crippen LogP contribution in [0, 0.1) is 0 Å². The van der Waals surface area contributed by atoms with Gasteiger partial charge in [0.15, 0.2) is 0 Å². The number of piperidine rings is 1. The third kappa shape index (κ3) is 4.99. The molecule has 4 aromatic rings. The van der Waals surface area contributed by atoms with E-state index in [1.165, 1.54) is 0 Å². The van der Waals surface area contributed by atoms with E-state index in [1.54, 1.807) is 18.3 Å². The second kappa shape index (κ2) is 9.93. The highest BCUT2D eigenvalue weighted by molar-refractivity contribution is 5.96. The van der Waals surface area contributed by atoms with Gasteiger partial charge >= 0.3 is 0 Å². The molecule has 1 fully saturated rings. The van der Waals surface area contributed by atoms with E-state index in [9.17, 15) is 9.59 Å². The van der Waals surface area contributed by atoms with Crippen molar-refractivity contribution in [2.75, 3.05) is 13.1 Å². The van der Waals surface area contributed by atoms with Crippen molar-refractivity contribution in [2.24, 2.45) is 5.73 Å². The van der Waals surface area contributed by atoms with E-state index in [1.807, 2.05) is 76.4 Å². The predicted octanol–water partition coefficient (Wildman–Crippen LogP) is 4.11. The monoisotopic (exact) mass is 465 g/mol. The zero-order valence-corrected chi connectivity index (χ0v) is 19.4. The molecule has 0 bridgehead atoms. The second-order valence-corrected chi connectivity index (χ2v) is 8.84. The molecule has 2 amide bonds. The Balaban J connectivity index is 1.36. The van der Waals surface area contributed by atoms with Crippen LogP contribution >= 0.6 is 0 Å². The van der Waals surface area contributed by atoms with Crippen LogP contribution in [-0.2, 0) is 6.54 Å². The molecule has 7 heteroatoms. The number of carbonyl (C=O) groups is 2. The zero-order valence-electron chi connectivity index (χ0n) is 19.4. The Bertz CT molecular complexity index is 1350.